The number of rotatable bonds is 5. The molecule has 6 rings (SSSR count). The topological polar surface area (TPSA) is 75.5 Å². The molecule has 0 radical (unpaired) electrons. The zero-order valence-electron chi connectivity index (χ0n) is 22.8. The quantitative estimate of drug-likeness (QED) is 0.354. The first-order valence-electron chi connectivity index (χ1n) is 13.5. The molecule has 1 atom stereocenters. The second-order valence-electron chi connectivity index (χ2n) is 11.6. The van der Waals surface area contributed by atoms with Crippen LogP contribution in [0.25, 0.3) is 27.1 Å². The lowest BCUT2D eigenvalue weighted by molar-refractivity contribution is -0.119. The van der Waals surface area contributed by atoms with E-state index in [9.17, 15) is 4.79 Å². The van der Waals surface area contributed by atoms with Gasteiger partial charge in [0, 0.05) is 41.0 Å². The molecule has 2 fully saturated rings. The number of H-pyrrole nitrogens is 1. The predicted molar refractivity (Wildman–Crippen MR) is 149 cm³/mol. The number of aromatic amines is 1. The van der Waals surface area contributed by atoms with Crippen LogP contribution in [0, 0.1) is 20.8 Å². The monoisotopic (exact) mass is 519 g/mol. The molecule has 0 aromatic carbocycles. The Balaban J connectivity index is 1.34. The van der Waals surface area contributed by atoms with Gasteiger partial charge in [0.05, 0.1) is 24.4 Å². The molecular formula is C29H37N5O2S. The number of hydrogen-bond donors (Lipinski definition) is 1. The van der Waals surface area contributed by atoms with Crippen molar-refractivity contribution in [2.45, 2.75) is 78.2 Å². The first-order valence-corrected chi connectivity index (χ1v) is 14.3. The lowest BCUT2D eigenvalue weighted by Crippen LogP contribution is -2.45. The van der Waals surface area contributed by atoms with Crippen LogP contribution in [0.4, 0.5) is 0 Å². The molecule has 1 spiro atoms. The number of hydrogen-bond acceptors (Lipinski definition) is 6. The van der Waals surface area contributed by atoms with Gasteiger partial charge in [0.1, 0.15) is 16.9 Å². The van der Waals surface area contributed by atoms with Crippen molar-refractivity contribution < 1.29 is 9.53 Å². The molecule has 1 N–H and O–H groups in total. The summed E-state index contributed by atoms with van der Waals surface area (Å²) < 4.78 is 8.43. The van der Waals surface area contributed by atoms with E-state index < -0.39 is 0 Å². The molecule has 2 aliphatic heterocycles. The minimum Gasteiger partial charge on any atom is -0.374 e. The highest BCUT2D eigenvalue weighted by molar-refractivity contribution is 7.19. The summed E-state index contributed by atoms with van der Waals surface area (Å²) in [4.78, 5) is 24.8. The Morgan fingerprint density at radius 1 is 1.22 bits per heavy atom. The number of fused-ring (bicyclic) bond motifs is 2. The van der Waals surface area contributed by atoms with E-state index in [1.165, 1.54) is 48.6 Å². The van der Waals surface area contributed by atoms with Crippen LogP contribution in [0.2, 0.25) is 0 Å². The number of carbonyl (C=O) groups is 1. The molecule has 37 heavy (non-hydrogen) atoms. The van der Waals surface area contributed by atoms with E-state index in [0.29, 0.717) is 18.4 Å². The molecule has 8 heteroatoms. The molecule has 6 heterocycles. The highest BCUT2D eigenvalue weighted by Crippen LogP contribution is 2.49. The summed E-state index contributed by atoms with van der Waals surface area (Å²) in [6, 6.07) is 0. The first kappa shape index (κ1) is 24.8. The molecular weight excluding hydrogens is 482 g/mol. The zero-order valence-corrected chi connectivity index (χ0v) is 23.6. The van der Waals surface area contributed by atoms with Gasteiger partial charge in [0.25, 0.3) is 0 Å². The SMILES string of the molecule is CC(=O)CN1CCC2(CC1)C[C@H](c1sc3[nH]c(-c4cn5ncnc5c(C)c4C)c(C(C)C)c3c1C)CO2. The number of ether oxygens (including phenoxy) is 1. The second kappa shape index (κ2) is 9.03. The molecule has 0 amide bonds. The highest BCUT2D eigenvalue weighted by atomic mass is 32.1. The fraction of sp³-hybridized carbons (Fsp3) is 0.552. The summed E-state index contributed by atoms with van der Waals surface area (Å²) in [6.07, 6.45) is 6.86. The van der Waals surface area contributed by atoms with Crippen LogP contribution in [0.3, 0.4) is 0 Å². The molecule has 4 aromatic heterocycles. The zero-order chi connectivity index (χ0) is 26.1. The fourth-order valence-corrected chi connectivity index (χ4v) is 7.99. The third kappa shape index (κ3) is 4.04. The van der Waals surface area contributed by atoms with E-state index >= 15 is 0 Å². The van der Waals surface area contributed by atoms with Crippen molar-refractivity contribution in [3.05, 3.63) is 39.7 Å². The summed E-state index contributed by atoms with van der Waals surface area (Å²) in [5.74, 6) is 1.06. The van der Waals surface area contributed by atoms with Crippen molar-refractivity contribution in [2.75, 3.05) is 26.2 Å². The van der Waals surface area contributed by atoms with Crippen LogP contribution in [0.15, 0.2) is 12.5 Å². The van der Waals surface area contributed by atoms with Gasteiger partial charge in [-0.05, 0) is 75.1 Å². The molecule has 196 valence electrons. The number of ketones is 1. The number of piperidine rings is 1. The predicted octanol–water partition coefficient (Wildman–Crippen LogP) is 5.92. The molecule has 0 unspecified atom stereocenters. The number of aromatic nitrogens is 4. The van der Waals surface area contributed by atoms with E-state index in [4.69, 9.17) is 4.74 Å². The third-order valence-electron chi connectivity index (χ3n) is 8.73. The molecule has 2 saturated heterocycles. The van der Waals surface area contributed by atoms with E-state index in [1.54, 1.807) is 13.3 Å². The van der Waals surface area contributed by atoms with Gasteiger partial charge in [-0.25, -0.2) is 9.50 Å². The Bertz CT molecular complexity index is 1500. The van der Waals surface area contributed by atoms with Crippen LogP contribution < -0.4 is 0 Å². The van der Waals surface area contributed by atoms with E-state index in [2.05, 4.69) is 60.8 Å². The van der Waals surface area contributed by atoms with Gasteiger partial charge in [0.15, 0.2) is 5.65 Å². The largest absolute Gasteiger partial charge is 0.374 e. The van der Waals surface area contributed by atoms with Crippen LogP contribution in [-0.2, 0) is 9.53 Å². The lowest BCUT2D eigenvalue weighted by Gasteiger charge is -2.38. The standard InChI is InChI=1S/C29H37N5O2S/c1-16(2)23-24-20(6)26(21-11-29(36-14-21)7-9-33(10-8-29)12-17(3)35)37-28(24)32-25(23)22-13-34-27(30-15-31-34)19(5)18(22)4/h13,15-16,21,32H,7-12,14H2,1-6H3/t21-/m0/s1. The minimum atomic E-state index is -0.0318. The Kier molecular flexibility index (Phi) is 6.05. The summed E-state index contributed by atoms with van der Waals surface area (Å²) >= 11 is 1.91. The number of Topliss-reactive ketones (excluding diaryl/α,β-unsaturated/α-hetero) is 1. The number of carbonyl (C=O) groups excluding carboxylic acids is 1. The third-order valence-corrected chi connectivity index (χ3v) is 10.1. The van der Waals surface area contributed by atoms with Crippen molar-refractivity contribution in [1.29, 1.82) is 0 Å². The molecule has 4 aromatic rings. The minimum absolute atomic E-state index is 0.0318. The van der Waals surface area contributed by atoms with Crippen LogP contribution in [0.5, 0.6) is 0 Å². The summed E-state index contributed by atoms with van der Waals surface area (Å²) in [5.41, 5.74) is 8.51. The Morgan fingerprint density at radius 2 is 1.97 bits per heavy atom. The maximum Gasteiger partial charge on any atom is 0.158 e. The van der Waals surface area contributed by atoms with E-state index in [0.717, 1.165) is 44.6 Å². The van der Waals surface area contributed by atoms with Crippen LogP contribution in [-0.4, -0.2) is 62.1 Å². The van der Waals surface area contributed by atoms with Crippen molar-refractivity contribution in [2.24, 2.45) is 0 Å². The molecule has 0 bridgehead atoms. The van der Waals surface area contributed by atoms with Gasteiger partial charge in [0.2, 0.25) is 0 Å². The van der Waals surface area contributed by atoms with Gasteiger partial charge in [-0.2, -0.15) is 5.10 Å². The number of nitrogens with zero attached hydrogens (tertiary/aromatic N) is 4. The number of thiophene rings is 1. The molecule has 0 saturated carbocycles. The van der Waals surface area contributed by atoms with Gasteiger partial charge < -0.3 is 9.72 Å². The van der Waals surface area contributed by atoms with Gasteiger partial charge in [-0.3, -0.25) is 9.69 Å². The maximum absolute atomic E-state index is 11.5. The maximum atomic E-state index is 11.5. The number of aryl methyl sites for hydroxylation is 2. The van der Waals surface area contributed by atoms with Gasteiger partial charge in [-0.15, -0.1) is 11.3 Å². The molecule has 0 aliphatic carbocycles. The normalized spacial score (nSPS) is 20.2. The Labute approximate surface area is 222 Å². The van der Waals surface area contributed by atoms with Gasteiger partial charge >= 0.3 is 0 Å². The number of nitrogens with one attached hydrogen (secondary N) is 1. The number of likely N-dealkylation sites (tertiary alicyclic amines) is 1. The Morgan fingerprint density at radius 3 is 2.68 bits per heavy atom. The first-order chi connectivity index (χ1) is 17.7. The van der Waals surface area contributed by atoms with E-state index in [1.807, 2.05) is 15.9 Å². The highest BCUT2D eigenvalue weighted by Gasteiger charge is 2.44. The molecule has 7 nitrogen and oxygen atoms in total. The smallest absolute Gasteiger partial charge is 0.158 e. The van der Waals surface area contributed by atoms with Crippen molar-refractivity contribution in [3.63, 3.8) is 0 Å². The van der Waals surface area contributed by atoms with Crippen molar-refractivity contribution in [1.82, 2.24) is 24.5 Å². The fourth-order valence-electron chi connectivity index (χ4n) is 6.68. The summed E-state index contributed by atoms with van der Waals surface area (Å²) in [5, 5.41) is 5.81. The van der Waals surface area contributed by atoms with Crippen molar-refractivity contribution in [3.8, 4) is 11.3 Å². The summed E-state index contributed by atoms with van der Waals surface area (Å²) in [6.45, 7) is 16.2. The average molecular weight is 520 g/mol. The lowest BCUT2D eigenvalue weighted by atomic mass is 9.84. The average Bonchev–Trinajstić information content (AvgIpc) is 3.62. The van der Waals surface area contributed by atoms with Crippen molar-refractivity contribution >= 4 is 33.0 Å². The van der Waals surface area contributed by atoms with Gasteiger partial charge in [-0.1, -0.05) is 13.8 Å². The summed E-state index contributed by atoms with van der Waals surface area (Å²) in [7, 11) is 0. The van der Waals surface area contributed by atoms with E-state index in [-0.39, 0.29) is 11.4 Å². The van der Waals surface area contributed by atoms with Crippen LogP contribution >= 0.6 is 11.3 Å². The second-order valence-corrected chi connectivity index (χ2v) is 12.6. The number of pyridine rings is 1. The molecule has 2 aliphatic rings. The van der Waals surface area contributed by atoms with Crippen LogP contribution in [0.1, 0.15) is 79.0 Å². The Hall–Kier alpha value is -2.55.